The van der Waals surface area contributed by atoms with Crippen molar-refractivity contribution in [3.8, 4) is 6.07 Å². The number of anilines is 1. The highest BCUT2D eigenvalue weighted by Crippen LogP contribution is 2.05. The topological polar surface area (TPSA) is 87.9 Å². The number of carbonyl (C=O) groups excluding carboxylic acids is 1. The summed E-state index contributed by atoms with van der Waals surface area (Å²) in [6.07, 6.45) is 2.85. The summed E-state index contributed by atoms with van der Waals surface area (Å²) in [6, 6.07) is 1.86. The van der Waals surface area contributed by atoms with Gasteiger partial charge in [-0.05, 0) is 6.92 Å². The minimum atomic E-state index is -0.396. The highest BCUT2D eigenvalue weighted by atomic mass is 16.5. The van der Waals surface area contributed by atoms with Crippen LogP contribution in [0.1, 0.15) is 12.6 Å². The number of nitrogens with one attached hydrogen (secondary N) is 1. The first-order valence-corrected chi connectivity index (χ1v) is 4.38. The summed E-state index contributed by atoms with van der Waals surface area (Å²) in [4.78, 5) is 18.7. The molecule has 0 spiro atoms. The van der Waals surface area contributed by atoms with E-state index in [4.69, 9.17) is 10.00 Å². The Hall–Kier alpha value is -2.16. The maximum atomic E-state index is 11.0. The molecule has 0 saturated heterocycles. The van der Waals surface area contributed by atoms with Crippen molar-refractivity contribution in [1.29, 1.82) is 5.26 Å². The summed E-state index contributed by atoms with van der Waals surface area (Å²) in [7, 11) is 0. The second kappa shape index (κ2) is 5.54. The number of nitriles is 1. The van der Waals surface area contributed by atoms with Crippen molar-refractivity contribution < 1.29 is 9.53 Å². The Kier molecular flexibility index (Phi) is 4.04. The average molecular weight is 206 g/mol. The molecule has 0 aromatic carbocycles. The van der Waals surface area contributed by atoms with Gasteiger partial charge in [-0.3, -0.25) is 4.79 Å². The predicted molar refractivity (Wildman–Crippen MR) is 51.9 cm³/mol. The van der Waals surface area contributed by atoms with Crippen molar-refractivity contribution in [3.63, 3.8) is 0 Å². The molecule has 1 aromatic heterocycles. The molecule has 0 unspecified atom stereocenters. The first kappa shape index (κ1) is 10.9. The summed E-state index contributed by atoms with van der Waals surface area (Å²) >= 11 is 0. The van der Waals surface area contributed by atoms with Crippen LogP contribution in [-0.2, 0) is 9.53 Å². The van der Waals surface area contributed by atoms with Crippen LogP contribution in [0.5, 0.6) is 0 Å². The van der Waals surface area contributed by atoms with Gasteiger partial charge in [-0.15, -0.1) is 0 Å². The third-order valence-electron chi connectivity index (χ3n) is 1.51. The van der Waals surface area contributed by atoms with E-state index in [9.17, 15) is 4.79 Å². The number of hydrogen-bond donors (Lipinski definition) is 1. The SMILES string of the molecule is CCOC(=O)CNc1nccnc1C#N. The Bertz CT molecular complexity index is 386. The molecule has 1 aromatic rings. The molecule has 0 atom stereocenters. The van der Waals surface area contributed by atoms with E-state index in [0.29, 0.717) is 6.61 Å². The van der Waals surface area contributed by atoms with Crippen molar-refractivity contribution in [2.75, 3.05) is 18.5 Å². The Labute approximate surface area is 86.9 Å². The highest BCUT2D eigenvalue weighted by molar-refractivity contribution is 5.74. The number of ether oxygens (including phenoxy) is 1. The molecule has 0 aliphatic heterocycles. The summed E-state index contributed by atoms with van der Waals surface area (Å²) in [5.74, 6) is -0.111. The van der Waals surface area contributed by atoms with Gasteiger partial charge in [-0.2, -0.15) is 5.26 Å². The predicted octanol–water partition coefficient (Wildman–Crippen LogP) is 0.323. The molecule has 0 bridgehead atoms. The zero-order valence-corrected chi connectivity index (χ0v) is 8.23. The molecule has 78 valence electrons. The van der Waals surface area contributed by atoms with Gasteiger partial charge in [0, 0.05) is 12.4 Å². The lowest BCUT2D eigenvalue weighted by atomic mass is 10.4. The largest absolute Gasteiger partial charge is 0.465 e. The molecular formula is C9H10N4O2. The summed E-state index contributed by atoms with van der Waals surface area (Å²) in [5.41, 5.74) is 0.154. The number of nitrogens with zero attached hydrogens (tertiary/aromatic N) is 3. The lowest BCUT2D eigenvalue weighted by molar-refractivity contribution is -0.140. The lowest BCUT2D eigenvalue weighted by Crippen LogP contribution is -2.18. The molecule has 1 N–H and O–H groups in total. The van der Waals surface area contributed by atoms with Crippen LogP contribution in [0, 0.1) is 11.3 Å². The van der Waals surface area contributed by atoms with E-state index >= 15 is 0 Å². The number of rotatable bonds is 4. The Morgan fingerprint density at radius 2 is 2.33 bits per heavy atom. The molecule has 0 fully saturated rings. The van der Waals surface area contributed by atoms with Crippen LogP contribution in [0.4, 0.5) is 5.82 Å². The first-order valence-electron chi connectivity index (χ1n) is 4.38. The average Bonchev–Trinajstić information content (AvgIpc) is 2.27. The van der Waals surface area contributed by atoms with Crippen LogP contribution < -0.4 is 5.32 Å². The smallest absolute Gasteiger partial charge is 0.325 e. The molecular weight excluding hydrogens is 196 g/mol. The minimum absolute atomic E-state index is 0.0266. The van der Waals surface area contributed by atoms with E-state index in [0.717, 1.165) is 0 Å². The molecule has 0 saturated carbocycles. The summed E-state index contributed by atoms with van der Waals surface area (Å²) < 4.78 is 4.70. The van der Waals surface area contributed by atoms with E-state index < -0.39 is 5.97 Å². The van der Waals surface area contributed by atoms with E-state index in [2.05, 4.69) is 15.3 Å². The van der Waals surface area contributed by atoms with Crippen LogP contribution in [0.2, 0.25) is 0 Å². The zero-order chi connectivity index (χ0) is 11.1. The summed E-state index contributed by atoms with van der Waals surface area (Å²) in [6.45, 7) is 2.02. The number of esters is 1. The number of aromatic nitrogens is 2. The van der Waals surface area contributed by atoms with Gasteiger partial charge in [0.05, 0.1) is 6.61 Å². The second-order valence-electron chi connectivity index (χ2n) is 2.52. The van der Waals surface area contributed by atoms with Gasteiger partial charge in [0.25, 0.3) is 0 Å². The van der Waals surface area contributed by atoms with Crippen LogP contribution in [0.3, 0.4) is 0 Å². The molecule has 6 heteroatoms. The molecule has 6 nitrogen and oxygen atoms in total. The summed E-state index contributed by atoms with van der Waals surface area (Å²) in [5, 5.41) is 11.4. The molecule has 0 amide bonds. The van der Waals surface area contributed by atoms with Crippen LogP contribution >= 0.6 is 0 Å². The van der Waals surface area contributed by atoms with Gasteiger partial charge < -0.3 is 10.1 Å². The molecule has 0 aliphatic carbocycles. The van der Waals surface area contributed by atoms with Crippen molar-refractivity contribution >= 4 is 11.8 Å². The van der Waals surface area contributed by atoms with Crippen molar-refractivity contribution in [3.05, 3.63) is 18.1 Å². The molecule has 0 radical (unpaired) electrons. The lowest BCUT2D eigenvalue weighted by Gasteiger charge is -2.05. The third-order valence-corrected chi connectivity index (χ3v) is 1.51. The normalized spacial score (nSPS) is 9.07. The second-order valence-corrected chi connectivity index (χ2v) is 2.52. The van der Waals surface area contributed by atoms with Crippen molar-refractivity contribution in [1.82, 2.24) is 9.97 Å². The maximum Gasteiger partial charge on any atom is 0.325 e. The van der Waals surface area contributed by atoms with Crippen molar-refractivity contribution in [2.45, 2.75) is 6.92 Å². The molecule has 1 rings (SSSR count). The molecule has 15 heavy (non-hydrogen) atoms. The van der Waals surface area contributed by atoms with Gasteiger partial charge in [0.2, 0.25) is 0 Å². The Morgan fingerprint density at radius 3 is 3.00 bits per heavy atom. The Morgan fingerprint density at radius 1 is 1.60 bits per heavy atom. The third kappa shape index (κ3) is 3.23. The Balaban J connectivity index is 2.58. The fourth-order valence-corrected chi connectivity index (χ4v) is 0.917. The van der Waals surface area contributed by atoms with E-state index in [1.165, 1.54) is 12.4 Å². The van der Waals surface area contributed by atoms with E-state index in [-0.39, 0.29) is 18.1 Å². The van der Waals surface area contributed by atoms with Gasteiger partial charge >= 0.3 is 5.97 Å². The highest BCUT2D eigenvalue weighted by Gasteiger charge is 2.06. The fourth-order valence-electron chi connectivity index (χ4n) is 0.917. The van der Waals surface area contributed by atoms with Gasteiger partial charge in [-0.1, -0.05) is 0 Å². The molecule has 1 heterocycles. The maximum absolute atomic E-state index is 11.0. The quantitative estimate of drug-likeness (QED) is 0.714. The van der Waals surface area contributed by atoms with Gasteiger partial charge in [0.15, 0.2) is 11.5 Å². The van der Waals surface area contributed by atoms with E-state index in [1.807, 2.05) is 6.07 Å². The van der Waals surface area contributed by atoms with Crippen molar-refractivity contribution in [2.24, 2.45) is 0 Å². The standard InChI is InChI=1S/C9H10N4O2/c1-2-15-8(14)6-13-9-7(5-10)11-3-4-12-9/h3-4H,2,6H2,1H3,(H,12,13). The van der Waals surface area contributed by atoms with Crippen LogP contribution in [0.25, 0.3) is 0 Å². The van der Waals surface area contributed by atoms with Gasteiger partial charge in [0.1, 0.15) is 12.6 Å². The molecule has 0 aliphatic rings. The van der Waals surface area contributed by atoms with Gasteiger partial charge in [-0.25, -0.2) is 9.97 Å². The zero-order valence-electron chi connectivity index (χ0n) is 8.23. The van der Waals surface area contributed by atoms with Crippen LogP contribution in [-0.4, -0.2) is 29.1 Å². The van der Waals surface area contributed by atoms with Crippen LogP contribution in [0.15, 0.2) is 12.4 Å². The monoisotopic (exact) mass is 206 g/mol. The fraction of sp³-hybridized carbons (Fsp3) is 0.333. The number of hydrogen-bond acceptors (Lipinski definition) is 6. The first-order chi connectivity index (χ1) is 7.27. The minimum Gasteiger partial charge on any atom is -0.465 e. The van der Waals surface area contributed by atoms with E-state index in [1.54, 1.807) is 6.92 Å². The number of carbonyl (C=O) groups is 1.